The third-order valence-electron chi connectivity index (χ3n) is 4.26. The summed E-state index contributed by atoms with van der Waals surface area (Å²) in [7, 11) is -4.31. The van der Waals surface area contributed by atoms with E-state index in [2.05, 4.69) is 4.72 Å². The zero-order chi connectivity index (χ0) is 21.2. The molecule has 3 aromatic carbocycles. The first kappa shape index (κ1) is 20.1. The zero-order valence-corrected chi connectivity index (χ0v) is 16.1. The van der Waals surface area contributed by atoms with Crippen molar-refractivity contribution in [3.63, 3.8) is 0 Å². The predicted molar refractivity (Wildman–Crippen MR) is 108 cm³/mol. The number of rotatable bonds is 6. The maximum atomic E-state index is 13.0. The molecule has 29 heavy (non-hydrogen) atoms. The zero-order valence-electron chi connectivity index (χ0n) is 15.3. The number of phenols is 1. The summed E-state index contributed by atoms with van der Waals surface area (Å²) in [5.41, 5.74) is 0.370. The van der Waals surface area contributed by atoms with E-state index in [-0.39, 0.29) is 16.1 Å². The van der Waals surface area contributed by atoms with Gasteiger partial charge in [0.25, 0.3) is 10.0 Å². The number of benzene rings is 3. The molecule has 0 aromatic heterocycles. The number of Topliss-reactive ketones (excluding diaryl/α,β-unsaturated/α-hetero) is 1. The van der Waals surface area contributed by atoms with Crippen LogP contribution in [-0.2, 0) is 10.0 Å². The van der Waals surface area contributed by atoms with Gasteiger partial charge in [0.1, 0.15) is 5.56 Å². The number of hydrogen-bond acceptors (Lipinski definition) is 5. The molecule has 0 unspecified atom stereocenters. The van der Waals surface area contributed by atoms with E-state index >= 15 is 0 Å². The maximum Gasteiger partial charge on any atom is 0.339 e. The highest BCUT2D eigenvalue weighted by Crippen LogP contribution is 2.33. The van der Waals surface area contributed by atoms with Crippen LogP contribution in [0.5, 0.6) is 5.75 Å². The average Bonchev–Trinajstić information content (AvgIpc) is 2.69. The van der Waals surface area contributed by atoms with Crippen LogP contribution >= 0.6 is 0 Å². The lowest BCUT2D eigenvalue weighted by Gasteiger charge is -2.15. The number of sulfonamides is 1. The van der Waals surface area contributed by atoms with Crippen molar-refractivity contribution in [3.05, 3.63) is 77.9 Å². The molecule has 3 rings (SSSR count). The van der Waals surface area contributed by atoms with E-state index in [1.807, 2.05) is 0 Å². The molecule has 0 aliphatic rings. The second kappa shape index (κ2) is 7.76. The Hall–Kier alpha value is -3.65. The minimum atomic E-state index is -4.31. The molecule has 0 fully saturated rings. The fraction of sp³-hybridized carbons (Fsp3) is 0.0476. The Balaban J connectivity index is 2.15. The van der Waals surface area contributed by atoms with Crippen LogP contribution in [0.2, 0.25) is 0 Å². The molecular formula is C21H17NO6S. The number of anilines is 1. The Bertz CT molecular complexity index is 1200. The topological polar surface area (TPSA) is 121 Å². The molecule has 148 valence electrons. The number of para-hydroxylation sites is 1. The summed E-state index contributed by atoms with van der Waals surface area (Å²) in [6.07, 6.45) is 0. The number of aromatic carboxylic acids is 1. The van der Waals surface area contributed by atoms with Crippen molar-refractivity contribution in [2.24, 2.45) is 0 Å². The van der Waals surface area contributed by atoms with Gasteiger partial charge in [-0.25, -0.2) is 13.2 Å². The van der Waals surface area contributed by atoms with Gasteiger partial charge in [-0.15, -0.1) is 0 Å². The number of nitrogens with one attached hydrogen (secondary N) is 1. The number of carboxylic acid groups (broad SMARTS) is 1. The van der Waals surface area contributed by atoms with Gasteiger partial charge in [-0.1, -0.05) is 48.5 Å². The first-order chi connectivity index (χ1) is 13.7. The Labute approximate surface area is 167 Å². The second-order valence-electron chi connectivity index (χ2n) is 6.21. The van der Waals surface area contributed by atoms with Crippen LogP contribution in [0.4, 0.5) is 5.69 Å². The molecule has 0 heterocycles. The van der Waals surface area contributed by atoms with Crippen molar-refractivity contribution < 1.29 is 28.2 Å². The van der Waals surface area contributed by atoms with Crippen LogP contribution in [-0.4, -0.2) is 30.4 Å². The van der Waals surface area contributed by atoms with E-state index in [4.69, 9.17) is 5.11 Å². The van der Waals surface area contributed by atoms with Gasteiger partial charge in [0.2, 0.25) is 0 Å². The molecule has 3 N–H and O–H groups in total. The molecule has 7 nitrogen and oxygen atoms in total. The van der Waals surface area contributed by atoms with Crippen molar-refractivity contribution >= 4 is 27.5 Å². The van der Waals surface area contributed by atoms with Gasteiger partial charge in [-0.05, 0) is 36.2 Å². The predicted octanol–water partition coefficient (Wildman–Crippen LogP) is 3.76. The van der Waals surface area contributed by atoms with E-state index < -0.39 is 33.1 Å². The molecule has 0 amide bonds. The average molecular weight is 411 g/mol. The Morgan fingerprint density at radius 3 is 2.17 bits per heavy atom. The maximum absolute atomic E-state index is 13.0. The lowest BCUT2D eigenvalue weighted by Crippen LogP contribution is -2.17. The van der Waals surface area contributed by atoms with Crippen molar-refractivity contribution in [1.29, 1.82) is 0 Å². The van der Waals surface area contributed by atoms with Crippen molar-refractivity contribution in [2.45, 2.75) is 11.8 Å². The molecule has 0 saturated heterocycles. The lowest BCUT2D eigenvalue weighted by atomic mass is 9.97. The van der Waals surface area contributed by atoms with Crippen LogP contribution < -0.4 is 4.72 Å². The lowest BCUT2D eigenvalue weighted by molar-refractivity contribution is 0.0693. The minimum Gasteiger partial charge on any atom is -0.505 e. The second-order valence-corrected chi connectivity index (χ2v) is 7.86. The van der Waals surface area contributed by atoms with Gasteiger partial charge in [0.05, 0.1) is 10.6 Å². The molecule has 0 spiro atoms. The third-order valence-corrected chi connectivity index (χ3v) is 5.67. The largest absolute Gasteiger partial charge is 0.505 e. The van der Waals surface area contributed by atoms with Crippen molar-refractivity contribution in [1.82, 2.24) is 0 Å². The molecular weight excluding hydrogens is 394 g/mol. The molecule has 0 saturated carbocycles. The first-order valence-corrected chi connectivity index (χ1v) is 9.98. The van der Waals surface area contributed by atoms with Crippen LogP contribution in [0.15, 0.2) is 71.6 Å². The molecule has 0 aliphatic carbocycles. The fourth-order valence-electron chi connectivity index (χ4n) is 2.97. The van der Waals surface area contributed by atoms with Gasteiger partial charge >= 0.3 is 5.97 Å². The van der Waals surface area contributed by atoms with E-state index in [0.29, 0.717) is 11.1 Å². The number of ketones is 1. The molecule has 0 atom stereocenters. The number of hydrogen-bond donors (Lipinski definition) is 3. The van der Waals surface area contributed by atoms with E-state index in [0.717, 1.165) is 6.07 Å². The molecule has 0 aliphatic heterocycles. The van der Waals surface area contributed by atoms with E-state index in [9.17, 15) is 23.1 Å². The highest BCUT2D eigenvalue weighted by atomic mass is 32.2. The van der Waals surface area contributed by atoms with Gasteiger partial charge in [0.15, 0.2) is 11.5 Å². The van der Waals surface area contributed by atoms with E-state index in [1.54, 1.807) is 36.4 Å². The summed E-state index contributed by atoms with van der Waals surface area (Å²) in [4.78, 5) is 23.3. The minimum absolute atomic E-state index is 0.0000731. The van der Waals surface area contributed by atoms with Crippen LogP contribution in [0.25, 0.3) is 11.1 Å². The third kappa shape index (κ3) is 3.97. The van der Waals surface area contributed by atoms with Gasteiger partial charge in [-0.3, -0.25) is 9.52 Å². The summed E-state index contributed by atoms with van der Waals surface area (Å²) in [6, 6.07) is 17.0. The summed E-state index contributed by atoms with van der Waals surface area (Å²) in [6.45, 7) is 1.27. The summed E-state index contributed by atoms with van der Waals surface area (Å²) in [5.74, 6) is -2.57. The van der Waals surface area contributed by atoms with Gasteiger partial charge in [-0.2, -0.15) is 0 Å². The van der Waals surface area contributed by atoms with E-state index in [1.165, 1.54) is 31.2 Å². The normalized spacial score (nSPS) is 11.1. The summed E-state index contributed by atoms with van der Waals surface area (Å²) in [5, 5.41) is 19.2. The van der Waals surface area contributed by atoms with Crippen LogP contribution in [0.1, 0.15) is 27.6 Å². The highest BCUT2D eigenvalue weighted by Gasteiger charge is 2.25. The smallest absolute Gasteiger partial charge is 0.339 e. The number of carbonyl (C=O) groups is 2. The van der Waals surface area contributed by atoms with Crippen molar-refractivity contribution in [3.8, 4) is 16.9 Å². The Kier molecular flexibility index (Phi) is 5.38. The number of carbonyl (C=O) groups excluding carboxylic acids is 1. The Morgan fingerprint density at radius 1 is 0.897 bits per heavy atom. The molecule has 8 heteroatoms. The highest BCUT2D eigenvalue weighted by molar-refractivity contribution is 7.92. The van der Waals surface area contributed by atoms with Crippen LogP contribution in [0, 0.1) is 0 Å². The molecule has 0 bridgehead atoms. The summed E-state index contributed by atoms with van der Waals surface area (Å²) < 4.78 is 28.2. The standard InChI is InChI=1S/C21H17NO6S/c1-13(23)19-15(14-7-3-2-4-8-14)9-6-12-18(19)29(27,28)22-17-11-5-10-16(20(17)24)21(25)26/h2-12,22,24H,1H3,(H,25,26). The van der Waals surface area contributed by atoms with Crippen LogP contribution in [0.3, 0.4) is 0 Å². The fourth-order valence-corrected chi connectivity index (χ4v) is 4.32. The first-order valence-electron chi connectivity index (χ1n) is 8.50. The van der Waals surface area contributed by atoms with Gasteiger partial charge in [0, 0.05) is 5.56 Å². The number of aromatic hydroxyl groups is 1. The molecule has 0 radical (unpaired) electrons. The Morgan fingerprint density at radius 2 is 1.55 bits per heavy atom. The quantitative estimate of drug-likeness (QED) is 0.419. The van der Waals surface area contributed by atoms with Gasteiger partial charge < -0.3 is 10.2 Å². The SMILES string of the molecule is CC(=O)c1c(-c2ccccc2)cccc1S(=O)(=O)Nc1cccc(C(=O)O)c1O. The summed E-state index contributed by atoms with van der Waals surface area (Å²) >= 11 is 0. The van der Waals surface area contributed by atoms with Crippen molar-refractivity contribution in [2.75, 3.05) is 4.72 Å². The molecule has 3 aromatic rings. The monoisotopic (exact) mass is 411 g/mol. The number of carboxylic acids is 1.